The number of imide groups is 2. The van der Waals surface area contributed by atoms with Crippen LogP contribution in [0, 0.1) is 0 Å². The van der Waals surface area contributed by atoms with Gasteiger partial charge in [-0.15, -0.1) is 0 Å². The van der Waals surface area contributed by atoms with E-state index in [0.29, 0.717) is 128 Å². The Hall–Kier alpha value is -4.89. The van der Waals surface area contributed by atoms with Gasteiger partial charge in [0.05, 0.1) is 99.1 Å². The third-order valence-corrected chi connectivity index (χ3v) is 8.43. The summed E-state index contributed by atoms with van der Waals surface area (Å²) in [7, 11) is 4.86. The summed E-state index contributed by atoms with van der Waals surface area (Å²) in [5.74, 6) is 0.321. The molecule has 336 valence electrons. The van der Waals surface area contributed by atoms with Crippen LogP contribution in [0.2, 0.25) is 0 Å². The van der Waals surface area contributed by atoms with Gasteiger partial charge in [0.2, 0.25) is 5.75 Å². The number of rotatable bonds is 34. The predicted molar refractivity (Wildman–Crippen MR) is 221 cm³/mol. The molecular formula is C43H58N2O16. The highest BCUT2D eigenvalue weighted by Crippen LogP contribution is 2.39. The average Bonchev–Trinajstić information content (AvgIpc) is 3.25. The van der Waals surface area contributed by atoms with Crippen molar-refractivity contribution in [3.05, 3.63) is 65.2 Å². The van der Waals surface area contributed by atoms with E-state index in [1.807, 2.05) is 42.5 Å². The molecule has 4 amide bonds. The molecule has 2 N–H and O–H groups in total. The van der Waals surface area contributed by atoms with Crippen molar-refractivity contribution in [3.63, 3.8) is 0 Å². The fourth-order valence-electron chi connectivity index (χ4n) is 5.45. The first kappa shape index (κ1) is 48.8. The van der Waals surface area contributed by atoms with Crippen LogP contribution in [0.1, 0.15) is 11.1 Å². The van der Waals surface area contributed by atoms with Crippen LogP contribution in [0.25, 0.3) is 16.8 Å². The lowest BCUT2D eigenvalue weighted by Crippen LogP contribution is -2.51. The number of amides is 4. The normalized spacial score (nSPS) is 12.7. The predicted octanol–water partition coefficient (Wildman–Crippen LogP) is 3.34. The Morgan fingerprint density at radius 1 is 0.459 bits per heavy atom. The number of nitrogens with one attached hydrogen (secondary N) is 2. The zero-order chi connectivity index (χ0) is 43.3. The Morgan fingerprint density at radius 2 is 0.885 bits per heavy atom. The smallest absolute Gasteiger partial charge is 0.328 e. The molecule has 0 aromatic heterocycles. The maximum Gasteiger partial charge on any atom is 0.328 e. The summed E-state index contributed by atoms with van der Waals surface area (Å²) in [6.45, 7) is 7.13. The molecule has 0 spiro atoms. The van der Waals surface area contributed by atoms with E-state index in [4.69, 9.17) is 61.6 Å². The molecule has 0 bridgehead atoms. The largest absolute Gasteiger partial charge is 0.489 e. The first-order valence-electron chi connectivity index (χ1n) is 20.0. The van der Waals surface area contributed by atoms with Crippen molar-refractivity contribution in [2.45, 2.75) is 6.61 Å². The topological polar surface area (TPSA) is 195 Å². The number of ether oxygens (including phenoxy) is 13. The molecule has 1 saturated heterocycles. The highest BCUT2D eigenvalue weighted by molar-refractivity contribution is 6.31. The third kappa shape index (κ3) is 18.7. The summed E-state index contributed by atoms with van der Waals surface area (Å²) < 4.78 is 73.5. The van der Waals surface area contributed by atoms with Crippen LogP contribution in [0.5, 0.6) is 23.0 Å². The third-order valence-electron chi connectivity index (χ3n) is 8.43. The Kier molecular flexibility index (Phi) is 23.5. The molecule has 0 unspecified atom stereocenters. The van der Waals surface area contributed by atoms with E-state index in [1.54, 1.807) is 27.4 Å². The van der Waals surface area contributed by atoms with Gasteiger partial charge in [-0.1, -0.05) is 18.2 Å². The molecule has 0 saturated carbocycles. The quantitative estimate of drug-likeness (QED) is 0.0504. The van der Waals surface area contributed by atoms with Crippen molar-refractivity contribution in [2.75, 3.05) is 140 Å². The van der Waals surface area contributed by atoms with Crippen molar-refractivity contribution in [3.8, 4) is 23.0 Å². The summed E-state index contributed by atoms with van der Waals surface area (Å²) in [6, 6.07) is 13.8. The number of carbonyl (C=O) groups excluding carboxylic acids is 3. The maximum atomic E-state index is 12.2. The van der Waals surface area contributed by atoms with Crippen LogP contribution in [0.3, 0.4) is 0 Å². The van der Waals surface area contributed by atoms with Crippen LogP contribution >= 0.6 is 0 Å². The molecule has 1 aliphatic heterocycles. The molecule has 3 aromatic carbocycles. The van der Waals surface area contributed by atoms with Crippen molar-refractivity contribution in [2.24, 2.45) is 0 Å². The van der Waals surface area contributed by atoms with Gasteiger partial charge in [-0.25, -0.2) is 4.79 Å². The van der Waals surface area contributed by atoms with E-state index in [-0.39, 0.29) is 32.0 Å². The highest BCUT2D eigenvalue weighted by atomic mass is 16.6. The minimum absolute atomic E-state index is 0.155. The fraction of sp³-hybridized carbons (Fsp3) is 0.512. The molecular weight excluding hydrogens is 800 g/mol. The van der Waals surface area contributed by atoms with Crippen molar-refractivity contribution in [1.29, 1.82) is 0 Å². The Morgan fingerprint density at radius 3 is 1.38 bits per heavy atom. The molecule has 18 heteroatoms. The first-order valence-corrected chi connectivity index (χ1v) is 20.0. The Labute approximate surface area is 355 Å². The van der Waals surface area contributed by atoms with E-state index in [9.17, 15) is 14.4 Å². The number of carbonyl (C=O) groups is 3. The summed E-state index contributed by atoms with van der Waals surface area (Å²) in [5, 5.41) is 5.86. The zero-order valence-electron chi connectivity index (χ0n) is 35.2. The van der Waals surface area contributed by atoms with E-state index >= 15 is 0 Å². The molecule has 1 fully saturated rings. The highest BCUT2D eigenvalue weighted by Gasteiger charge is 2.27. The van der Waals surface area contributed by atoms with Crippen LogP contribution < -0.4 is 29.6 Å². The lowest BCUT2D eigenvalue weighted by molar-refractivity contribution is -0.123. The standard InChI is InChI=1S/C43H58N2O16/c1-49-8-11-52-14-17-55-20-23-58-38-28-33(31-61-36-7-6-34-26-32(4-5-35(34)30-36)27-37-41(46)44-43(48)45-42(37)47)29-39(59-24-21-56-18-15-53-12-9-50-2)40(38)60-25-22-57-19-16-54-13-10-51-3/h4-7,26-30H,8-25,31H2,1-3H3,(H2,44,45,46,47,48). The minimum Gasteiger partial charge on any atom is -0.489 e. The van der Waals surface area contributed by atoms with E-state index < -0.39 is 17.8 Å². The summed E-state index contributed by atoms with van der Waals surface area (Å²) in [4.78, 5) is 35.9. The lowest BCUT2D eigenvalue weighted by atomic mass is 10.0. The Bertz CT molecular complexity index is 1740. The van der Waals surface area contributed by atoms with Gasteiger partial charge in [-0.3, -0.25) is 20.2 Å². The molecule has 4 rings (SSSR count). The molecule has 3 aromatic rings. The number of methoxy groups -OCH3 is 3. The molecule has 1 aliphatic rings. The van der Waals surface area contributed by atoms with Gasteiger partial charge in [0.15, 0.2) is 11.5 Å². The minimum atomic E-state index is -0.852. The van der Waals surface area contributed by atoms with E-state index in [1.165, 1.54) is 6.08 Å². The first-order chi connectivity index (χ1) is 29.9. The fourth-order valence-corrected chi connectivity index (χ4v) is 5.45. The number of hydrogen-bond donors (Lipinski definition) is 2. The van der Waals surface area contributed by atoms with Gasteiger partial charge in [-0.05, 0) is 58.3 Å². The van der Waals surface area contributed by atoms with Gasteiger partial charge < -0.3 is 61.6 Å². The second-order valence-electron chi connectivity index (χ2n) is 13.0. The second-order valence-corrected chi connectivity index (χ2v) is 13.0. The lowest BCUT2D eigenvalue weighted by Gasteiger charge is -2.19. The van der Waals surface area contributed by atoms with Crippen molar-refractivity contribution < 1.29 is 76.0 Å². The van der Waals surface area contributed by atoms with Gasteiger partial charge in [0, 0.05) is 21.3 Å². The monoisotopic (exact) mass is 858 g/mol. The molecule has 1 heterocycles. The number of hydrogen-bond acceptors (Lipinski definition) is 16. The zero-order valence-corrected chi connectivity index (χ0v) is 35.2. The number of urea groups is 1. The summed E-state index contributed by atoms with van der Waals surface area (Å²) in [5.41, 5.74) is 1.19. The van der Waals surface area contributed by atoms with Gasteiger partial charge in [-0.2, -0.15) is 0 Å². The van der Waals surface area contributed by atoms with Crippen molar-refractivity contribution >= 4 is 34.7 Å². The molecule has 0 aliphatic carbocycles. The van der Waals surface area contributed by atoms with Crippen LogP contribution in [-0.4, -0.2) is 158 Å². The van der Waals surface area contributed by atoms with Crippen LogP contribution in [0.4, 0.5) is 4.79 Å². The Balaban J connectivity index is 1.46. The molecule has 0 radical (unpaired) electrons. The molecule has 61 heavy (non-hydrogen) atoms. The number of fused-ring (bicyclic) bond motifs is 1. The maximum absolute atomic E-state index is 12.2. The number of benzene rings is 3. The van der Waals surface area contributed by atoms with Crippen LogP contribution in [-0.2, 0) is 58.8 Å². The van der Waals surface area contributed by atoms with Gasteiger partial charge in [0.1, 0.15) is 37.8 Å². The number of barbiturate groups is 1. The van der Waals surface area contributed by atoms with Gasteiger partial charge in [0.25, 0.3) is 11.8 Å². The summed E-state index contributed by atoms with van der Waals surface area (Å²) >= 11 is 0. The SMILES string of the molecule is COCCOCCOCCOc1cc(COc2ccc3cc(C=C4C(=O)NC(=O)NC4=O)ccc3c2)cc(OCCOCCOCCOC)c1OCCOCCOCCOC. The molecule has 18 nitrogen and oxygen atoms in total. The second kappa shape index (κ2) is 29.4. The van der Waals surface area contributed by atoms with E-state index in [2.05, 4.69) is 10.6 Å². The van der Waals surface area contributed by atoms with Crippen molar-refractivity contribution in [1.82, 2.24) is 10.6 Å². The molecule has 0 atom stereocenters. The van der Waals surface area contributed by atoms with Gasteiger partial charge >= 0.3 is 6.03 Å². The van der Waals surface area contributed by atoms with Crippen LogP contribution in [0.15, 0.2) is 54.1 Å². The average molecular weight is 859 g/mol. The summed E-state index contributed by atoms with van der Waals surface area (Å²) in [6.07, 6.45) is 1.43. The van der Waals surface area contributed by atoms with E-state index in [0.717, 1.165) is 16.3 Å².